The molecule has 0 aromatic carbocycles. The normalized spacial score (nSPS) is 10.6. The van der Waals surface area contributed by atoms with Crippen LogP contribution in [0.15, 0.2) is 18.2 Å². The van der Waals surface area contributed by atoms with E-state index in [0.29, 0.717) is 12.2 Å². The van der Waals surface area contributed by atoms with E-state index in [-0.39, 0.29) is 11.7 Å². The zero-order valence-electron chi connectivity index (χ0n) is 8.90. The number of aromatic nitrogens is 1. The first kappa shape index (κ1) is 12.0. The lowest BCUT2D eigenvalue weighted by atomic mass is 10.3. The summed E-state index contributed by atoms with van der Waals surface area (Å²) in [5.74, 6) is -0.298. The van der Waals surface area contributed by atoms with Crippen molar-refractivity contribution in [2.75, 3.05) is 6.54 Å². The molecule has 0 fully saturated rings. The van der Waals surface area contributed by atoms with Gasteiger partial charge in [0.1, 0.15) is 5.69 Å². The third-order valence-electron chi connectivity index (χ3n) is 1.85. The van der Waals surface area contributed by atoms with Crippen molar-refractivity contribution in [3.63, 3.8) is 0 Å². The third kappa shape index (κ3) is 3.56. The van der Waals surface area contributed by atoms with Gasteiger partial charge in [0.15, 0.2) is 0 Å². The molecule has 0 atom stereocenters. The van der Waals surface area contributed by atoms with Gasteiger partial charge in [0.25, 0.3) is 0 Å². The fraction of sp³-hybridized carbons (Fsp3) is 0.300. The van der Waals surface area contributed by atoms with E-state index in [9.17, 15) is 14.9 Å². The molecule has 0 saturated heterocycles. The number of rotatable bonds is 5. The van der Waals surface area contributed by atoms with E-state index < -0.39 is 4.92 Å². The molecule has 16 heavy (non-hydrogen) atoms. The third-order valence-corrected chi connectivity index (χ3v) is 1.85. The Kier molecular flexibility index (Phi) is 4.26. The summed E-state index contributed by atoms with van der Waals surface area (Å²) in [7, 11) is 0. The van der Waals surface area contributed by atoms with Crippen molar-refractivity contribution in [2.45, 2.75) is 13.3 Å². The maximum Gasteiger partial charge on any atom is 0.321 e. The molecular formula is C10H13N3O3. The lowest BCUT2D eigenvalue weighted by Gasteiger charge is -1.96. The van der Waals surface area contributed by atoms with Gasteiger partial charge in [-0.2, -0.15) is 0 Å². The molecule has 1 rings (SSSR count). The summed E-state index contributed by atoms with van der Waals surface area (Å²) in [6, 6.07) is 2.89. The largest absolute Gasteiger partial charge is 0.358 e. The molecule has 1 aromatic heterocycles. The number of hydrogen-bond acceptors (Lipinski definition) is 3. The average molecular weight is 223 g/mol. The highest BCUT2D eigenvalue weighted by Gasteiger charge is 2.05. The van der Waals surface area contributed by atoms with Crippen molar-refractivity contribution in [2.24, 2.45) is 0 Å². The van der Waals surface area contributed by atoms with Crippen molar-refractivity contribution in [1.29, 1.82) is 0 Å². The smallest absolute Gasteiger partial charge is 0.321 e. The van der Waals surface area contributed by atoms with Crippen molar-refractivity contribution < 1.29 is 9.72 Å². The van der Waals surface area contributed by atoms with Crippen LogP contribution in [0.4, 0.5) is 5.82 Å². The number of H-pyrrole nitrogens is 1. The van der Waals surface area contributed by atoms with E-state index in [0.717, 1.165) is 6.42 Å². The predicted octanol–water partition coefficient (Wildman–Crippen LogP) is 1.46. The number of nitrogens with one attached hydrogen (secondary N) is 2. The summed E-state index contributed by atoms with van der Waals surface area (Å²) in [6.45, 7) is 2.58. The maximum atomic E-state index is 11.2. The average Bonchev–Trinajstić information content (AvgIpc) is 2.72. The Hall–Kier alpha value is -2.11. The van der Waals surface area contributed by atoms with Gasteiger partial charge in [-0.05, 0) is 23.5 Å². The molecule has 2 N–H and O–H groups in total. The molecule has 0 aliphatic rings. The summed E-state index contributed by atoms with van der Waals surface area (Å²) >= 11 is 0. The van der Waals surface area contributed by atoms with E-state index in [1.807, 2.05) is 6.92 Å². The van der Waals surface area contributed by atoms with Crippen LogP contribution in [0, 0.1) is 10.1 Å². The highest BCUT2D eigenvalue weighted by Crippen LogP contribution is 2.10. The molecule has 6 heteroatoms. The Morgan fingerprint density at radius 3 is 2.94 bits per heavy atom. The summed E-state index contributed by atoms with van der Waals surface area (Å²) in [5.41, 5.74) is 0.526. The summed E-state index contributed by atoms with van der Waals surface area (Å²) in [6.07, 6.45) is 3.71. The molecule has 0 aliphatic heterocycles. The molecule has 0 spiro atoms. The highest BCUT2D eigenvalue weighted by molar-refractivity contribution is 5.91. The molecule has 0 unspecified atom stereocenters. The van der Waals surface area contributed by atoms with Gasteiger partial charge < -0.3 is 15.4 Å². The van der Waals surface area contributed by atoms with Gasteiger partial charge in [-0.1, -0.05) is 6.92 Å². The molecule has 1 aromatic rings. The zero-order valence-corrected chi connectivity index (χ0v) is 8.90. The van der Waals surface area contributed by atoms with E-state index in [4.69, 9.17) is 0 Å². The number of nitrogens with zero attached hydrogens (tertiary/aromatic N) is 1. The first-order valence-corrected chi connectivity index (χ1v) is 4.92. The summed E-state index contributed by atoms with van der Waals surface area (Å²) in [4.78, 5) is 23.6. The quantitative estimate of drug-likeness (QED) is 0.450. The van der Waals surface area contributed by atoms with Crippen LogP contribution >= 0.6 is 0 Å². The number of aromatic amines is 1. The fourth-order valence-electron chi connectivity index (χ4n) is 1.08. The molecule has 86 valence electrons. The minimum Gasteiger partial charge on any atom is -0.358 e. The minimum atomic E-state index is -0.519. The van der Waals surface area contributed by atoms with Crippen LogP contribution in [-0.4, -0.2) is 22.4 Å². The maximum absolute atomic E-state index is 11.2. The van der Waals surface area contributed by atoms with E-state index >= 15 is 0 Å². The van der Waals surface area contributed by atoms with E-state index in [1.165, 1.54) is 18.2 Å². The lowest BCUT2D eigenvalue weighted by Crippen LogP contribution is -2.21. The first-order valence-electron chi connectivity index (χ1n) is 4.92. The van der Waals surface area contributed by atoms with Crippen molar-refractivity contribution in [3.05, 3.63) is 34.0 Å². The molecule has 0 saturated carbocycles. The Balaban J connectivity index is 2.55. The topological polar surface area (TPSA) is 88.0 Å². The van der Waals surface area contributed by atoms with Gasteiger partial charge in [-0.15, -0.1) is 0 Å². The Bertz CT molecular complexity index is 409. The summed E-state index contributed by atoms with van der Waals surface area (Å²) < 4.78 is 0. The molecule has 0 radical (unpaired) electrons. The Morgan fingerprint density at radius 2 is 2.38 bits per heavy atom. The number of nitro groups is 1. The van der Waals surface area contributed by atoms with Gasteiger partial charge in [0.2, 0.25) is 5.91 Å². The minimum absolute atomic E-state index is 0.0892. The van der Waals surface area contributed by atoms with E-state index in [1.54, 1.807) is 6.07 Å². The molecular weight excluding hydrogens is 210 g/mol. The Labute approximate surface area is 92.5 Å². The van der Waals surface area contributed by atoms with Crippen molar-refractivity contribution in [3.8, 4) is 0 Å². The highest BCUT2D eigenvalue weighted by atomic mass is 16.6. The fourth-order valence-corrected chi connectivity index (χ4v) is 1.08. The Morgan fingerprint density at radius 1 is 1.62 bits per heavy atom. The second kappa shape index (κ2) is 5.69. The molecule has 6 nitrogen and oxygen atoms in total. The first-order chi connectivity index (χ1) is 7.63. The van der Waals surface area contributed by atoms with Crippen molar-refractivity contribution >= 4 is 17.8 Å². The van der Waals surface area contributed by atoms with E-state index in [2.05, 4.69) is 10.3 Å². The predicted molar refractivity (Wildman–Crippen MR) is 59.8 cm³/mol. The van der Waals surface area contributed by atoms with Crippen LogP contribution in [0.2, 0.25) is 0 Å². The number of hydrogen-bond donors (Lipinski definition) is 2. The number of amides is 1. The van der Waals surface area contributed by atoms with Crippen LogP contribution in [0.25, 0.3) is 6.08 Å². The van der Waals surface area contributed by atoms with Crippen LogP contribution in [0.5, 0.6) is 0 Å². The standard InChI is InChI=1S/C10H13N3O3/c1-2-7-11-10(14)6-4-8-3-5-9(12-8)13(15)16/h3-6,12H,2,7H2,1H3,(H,11,14). The summed E-state index contributed by atoms with van der Waals surface area (Å²) in [5, 5.41) is 13.0. The van der Waals surface area contributed by atoms with Crippen LogP contribution in [0.3, 0.4) is 0 Å². The SMILES string of the molecule is CCCNC(=O)C=Cc1ccc([N+](=O)[O-])[nH]1. The van der Waals surface area contributed by atoms with Gasteiger partial charge in [0.05, 0.1) is 0 Å². The van der Waals surface area contributed by atoms with Crippen LogP contribution < -0.4 is 5.32 Å². The zero-order chi connectivity index (χ0) is 12.0. The van der Waals surface area contributed by atoms with Gasteiger partial charge in [0, 0.05) is 18.7 Å². The molecule has 0 bridgehead atoms. The molecule has 1 heterocycles. The molecule has 1 amide bonds. The van der Waals surface area contributed by atoms with Gasteiger partial charge in [-0.3, -0.25) is 4.79 Å². The van der Waals surface area contributed by atoms with Gasteiger partial charge in [-0.25, -0.2) is 4.98 Å². The van der Waals surface area contributed by atoms with Crippen LogP contribution in [0.1, 0.15) is 19.0 Å². The van der Waals surface area contributed by atoms with Gasteiger partial charge >= 0.3 is 5.82 Å². The monoisotopic (exact) mass is 223 g/mol. The second-order valence-electron chi connectivity index (χ2n) is 3.18. The molecule has 0 aliphatic carbocycles. The second-order valence-corrected chi connectivity index (χ2v) is 3.18. The number of carbonyl (C=O) groups is 1. The number of carbonyl (C=O) groups excluding carboxylic acids is 1. The van der Waals surface area contributed by atoms with Crippen molar-refractivity contribution in [1.82, 2.24) is 10.3 Å². The van der Waals surface area contributed by atoms with Crippen LogP contribution in [-0.2, 0) is 4.79 Å². The lowest BCUT2D eigenvalue weighted by molar-refractivity contribution is -0.389.